The first-order valence-electron chi connectivity index (χ1n) is 22.5. The average molecular weight is 837 g/mol. The summed E-state index contributed by atoms with van der Waals surface area (Å²) < 4.78 is 0. The van der Waals surface area contributed by atoms with Gasteiger partial charge in [0.2, 0.25) is 0 Å². The van der Waals surface area contributed by atoms with Crippen molar-refractivity contribution in [3.8, 4) is 44.8 Å². The van der Waals surface area contributed by atoms with Gasteiger partial charge in [0.15, 0.2) is 0 Å². The Hall–Kier alpha value is -8.86. The van der Waals surface area contributed by atoms with Crippen LogP contribution in [0, 0.1) is 0 Å². The highest BCUT2D eigenvalue weighted by Gasteiger charge is 2.18. The fraction of sp³-hybridized carbons (Fsp3) is 0. The fourth-order valence-corrected chi connectivity index (χ4v) is 10.5. The average Bonchev–Trinajstić information content (AvgIpc) is 3.39. The van der Waals surface area contributed by atoms with Gasteiger partial charge in [-0.1, -0.05) is 182 Å². The second-order valence-corrected chi connectivity index (χ2v) is 17.3. The normalized spacial score (nSPS) is 11.9. The van der Waals surface area contributed by atoms with Gasteiger partial charge in [0, 0.05) is 54.6 Å². The van der Waals surface area contributed by atoms with Crippen molar-refractivity contribution < 1.29 is 0 Å². The first-order valence-corrected chi connectivity index (χ1v) is 22.5. The van der Waals surface area contributed by atoms with E-state index in [9.17, 15) is 0 Å². The number of aromatic nitrogens is 4. The molecule has 304 valence electrons. The zero-order valence-corrected chi connectivity index (χ0v) is 35.6. The highest BCUT2D eigenvalue weighted by molar-refractivity contribution is 6.26. The fourth-order valence-electron chi connectivity index (χ4n) is 10.5. The maximum atomic E-state index is 5.41. The summed E-state index contributed by atoms with van der Waals surface area (Å²) in [7, 11) is 0. The highest BCUT2D eigenvalue weighted by atomic mass is 14.8. The van der Waals surface area contributed by atoms with Gasteiger partial charge in [0.25, 0.3) is 0 Å². The Balaban J connectivity index is 0.922. The predicted octanol–water partition coefficient (Wildman–Crippen LogP) is 16.3. The minimum Gasteiger partial charge on any atom is -0.245 e. The molecular weight excluding hydrogens is 801 g/mol. The predicted molar refractivity (Wildman–Crippen MR) is 277 cm³/mol. The lowest BCUT2D eigenvalue weighted by Gasteiger charge is -2.15. The zero-order chi connectivity index (χ0) is 43.3. The van der Waals surface area contributed by atoms with Crippen LogP contribution in [0.25, 0.3) is 143 Å². The van der Waals surface area contributed by atoms with Crippen molar-refractivity contribution in [3.63, 3.8) is 0 Å². The zero-order valence-electron chi connectivity index (χ0n) is 35.6. The van der Waals surface area contributed by atoms with Gasteiger partial charge in [-0.05, 0) is 79.8 Å². The molecule has 0 unspecified atom stereocenters. The lowest BCUT2D eigenvalue weighted by molar-refractivity contribution is 1.39. The Kier molecular flexibility index (Phi) is 7.95. The van der Waals surface area contributed by atoms with Gasteiger partial charge in [-0.15, -0.1) is 0 Å². The van der Waals surface area contributed by atoms with E-state index in [1.54, 1.807) is 0 Å². The molecule has 10 aromatic carbocycles. The molecule has 14 aromatic rings. The Bertz CT molecular complexity index is 4030. The van der Waals surface area contributed by atoms with E-state index in [2.05, 4.69) is 218 Å². The van der Waals surface area contributed by atoms with Crippen LogP contribution in [-0.4, -0.2) is 19.9 Å². The van der Waals surface area contributed by atoms with Gasteiger partial charge in [-0.25, -0.2) is 19.9 Å². The summed E-state index contributed by atoms with van der Waals surface area (Å²) >= 11 is 0. The van der Waals surface area contributed by atoms with Crippen LogP contribution >= 0.6 is 0 Å². The molecule has 0 spiro atoms. The summed E-state index contributed by atoms with van der Waals surface area (Å²) in [6.07, 6.45) is 0. The summed E-state index contributed by atoms with van der Waals surface area (Å²) in [4.78, 5) is 21.4. The van der Waals surface area contributed by atoms with Gasteiger partial charge < -0.3 is 0 Å². The van der Waals surface area contributed by atoms with E-state index in [0.717, 1.165) is 87.9 Å². The first kappa shape index (κ1) is 36.6. The van der Waals surface area contributed by atoms with Gasteiger partial charge in [-0.2, -0.15) is 0 Å². The number of hydrogen-bond acceptors (Lipinski definition) is 4. The third-order valence-corrected chi connectivity index (χ3v) is 13.6. The quantitative estimate of drug-likeness (QED) is 0.131. The molecule has 0 saturated carbocycles. The number of pyridine rings is 4. The van der Waals surface area contributed by atoms with Crippen molar-refractivity contribution in [1.29, 1.82) is 0 Å². The third-order valence-electron chi connectivity index (χ3n) is 13.6. The van der Waals surface area contributed by atoms with E-state index in [4.69, 9.17) is 19.9 Å². The molecule has 0 atom stereocenters. The van der Waals surface area contributed by atoms with E-state index in [0.29, 0.717) is 0 Å². The van der Waals surface area contributed by atoms with Crippen molar-refractivity contribution in [2.24, 2.45) is 0 Å². The molecule has 0 bridgehead atoms. The molecular formula is C62H36N4. The van der Waals surface area contributed by atoms with Gasteiger partial charge >= 0.3 is 0 Å². The molecule has 0 aliphatic heterocycles. The lowest BCUT2D eigenvalue weighted by atomic mass is 9.91. The molecule has 0 N–H and O–H groups in total. The van der Waals surface area contributed by atoms with Gasteiger partial charge in [0.1, 0.15) is 0 Å². The van der Waals surface area contributed by atoms with E-state index < -0.39 is 0 Å². The molecule has 4 nitrogen and oxygen atoms in total. The number of fused-ring (bicyclic) bond motifs is 14. The third kappa shape index (κ3) is 5.58. The van der Waals surface area contributed by atoms with Gasteiger partial charge in [-0.3, -0.25) is 0 Å². The summed E-state index contributed by atoms with van der Waals surface area (Å²) in [6.45, 7) is 0. The number of para-hydroxylation sites is 2. The Morgan fingerprint density at radius 1 is 0.212 bits per heavy atom. The molecule has 14 rings (SSSR count). The smallest absolute Gasteiger partial charge is 0.0978 e. The lowest BCUT2D eigenvalue weighted by Crippen LogP contribution is -1.93. The van der Waals surface area contributed by atoms with E-state index >= 15 is 0 Å². The van der Waals surface area contributed by atoms with Crippen LogP contribution in [0.2, 0.25) is 0 Å². The summed E-state index contributed by atoms with van der Waals surface area (Å²) in [5, 5.41) is 13.8. The SMILES string of the molecule is c1ccc(-c2c3ccccc3nc3c2ccc2ccc(-c4ccc5c6ccc(-c7ccc8ccc9c(-c%10ccccc%10)c%10ccccc%10nc9c8n7)cc6c6ccccc6c5c4)nc23)cc1. The molecule has 0 aliphatic carbocycles. The number of rotatable bonds is 4. The maximum absolute atomic E-state index is 5.41. The highest BCUT2D eigenvalue weighted by Crippen LogP contribution is 2.42. The Morgan fingerprint density at radius 3 is 1.03 bits per heavy atom. The molecule has 4 heteroatoms. The molecule has 4 aromatic heterocycles. The largest absolute Gasteiger partial charge is 0.245 e. The van der Waals surface area contributed by atoms with Crippen LogP contribution in [0.5, 0.6) is 0 Å². The summed E-state index contributed by atoms with van der Waals surface area (Å²) in [5.74, 6) is 0. The van der Waals surface area contributed by atoms with Crippen molar-refractivity contribution in [2.75, 3.05) is 0 Å². The van der Waals surface area contributed by atoms with Crippen molar-refractivity contribution >= 4 is 97.7 Å². The molecule has 0 amide bonds. The van der Waals surface area contributed by atoms with Crippen molar-refractivity contribution in [3.05, 3.63) is 218 Å². The minimum atomic E-state index is 0.903. The molecule has 0 fully saturated rings. The van der Waals surface area contributed by atoms with E-state index in [1.165, 1.54) is 54.6 Å². The standard InChI is InChI=1S/C62H36N4/c1-3-13-37(14-4-1)57-47-19-9-11-21-55(47)65-61-49(57)31-23-39-27-33-53(63-59(39)61)41-25-29-45-46-30-26-42(36-52(46)44-18-8-7-17-43(44)51(45)35-41)54-34-28-40-24-32-50-58(38-15-5-2-6-16-38)48-20-10-12-22-56(48)66-62(50)60(40)64-54/h1-36H. The molecule has 0 saturated heterocycles. The first-order chi connectivity index (χ1) is 32.7. The molecule has 0 aliphatic rings. The summed E-state index contributed by atoms with van der Waals surface area (Å²) in [6, 6.07) is 77.9. The van der Waals surface area contributed by atoms with Crippen LogP contribution < -0.4 is 0 Å². The van der Waals surface area contributed by atoms with Crippen molar-refractivity contribution in [1.82, 2.24) is 19.9 Å². The monoisotopic (exact) mass is 836 g/mol. The van der Waals surface area contributed by atoms with Gasteiger partial charge in [0.05, 0.1) is 44.5 Å². The topological polar surface area (TPSA) is 51.6 Å². The van der Waals surface area contributed by atoms with Crippen LogP contribution in [0.1, 0.15) is 0 Å². The number of benzene rings is 10. The number of hydrogen-bond donors (Lipinski definition) is 0. The van der Waals surface area contributed by atoms with Crippen LogP contribution in [0.3, 0.4) is 0 Å². The van der Waals surface area contributed by atoms with Crippen LogP contribution in [0.15, 0.2) is 218 Å². The summed E-state index contributed by atoms with van der Waals surface area (Å²) in [5.41, 5.74) is 14.2. The van der Waals surface area contributed by atoms with Crippen LogP contribution in [-0.2, 0) is 0 Å². The molecule has 0 radical (unpaired) electrons. The van der Waals surface area contributed by atoms with Crippen molar-refractivity contribution in [2.45, 2.75) is 0 Å². The van der Waals surface area contributed by atoms with E-state index in [-0.39, 0.29) is 0 Å². The molecule has 4 heterocycles. The Morgan fingerprint density at radius 2 is 0.576 bits per heavy atom. The van der Waals surface area contributed by atoms with E-state index in [1.807, 2.05) is 0 Å². The molecule has 66 heavy (non-hydrogen) atoms. The second-order valence-electron chi connectivity index (χ2n) is 17.3. The second kappa shape index (κ2) is 14.3. The van der Waals surface area contributed by atoms with Crippen LogP contribution in [0.4, 0.5) is 0 Å². The minimum absolute atomic E-state index is 0.903. The number of nitrogens with zero attached hydrogens (tertiary/aromatic N) is 4. The maximum Gasteiger partial charge on any atom is 0.0978 e. The Labute approximate surface area is 379 Å².